The monoisotopic (exact) mass is 269 g/mol. The Morgan fingerprint density at radius 2 is 2.33 bits per heavy atom. The van der Waals surface area contributed by atoms with E-state index >= 15 is 0 Å². The zero-order chi connectivity index (χ0) is 11.0. The van der Waals surface area contributed by atoms with Crippen LogP contribution in [-0.4, -0.2) is 20.5 Å². The van der Waals surface area contributed by atoms with E-state index in [9.17, 15) is 9.70 Å². The highest BCUT2D eigenvalue weighted by Gasteiger charge is 2.18. The van der Waals surface area contributed by atoms with Crippen molar-refractivity contribution in [1.29, 1.82) is 0 Å². The maximum Gasteiger partial charge on any atom is 0.358 e. The second-order valence-corrected chi connectivity index (χ2v) is 3.67. The smallest absolute Gasteiger partial charge is 0.358 e. The lowest BCUT2D eigenvalue weighted by Crippen LogP contribution is -1.96. The summed E-state index contributed by atoms with van der Waals surface area (Å²) in [6, 6.07) is 3.26. The predicted octanol–water partition coefficient (Wildman–Crippen LogP) is 2.19. The largest absolute Gasteiger partial charge is 0.476 e. The van der Waals surface area contributed by atoms with Gasteiger partial charge in [0.15, 0.2) is 5.69 Å². The van der Waals surface area contributed by atoms with Crippen LogP contribution in [-0.2, 0) is 0 Å². The Hall–Kier alpha value is -1.76. The minimum Gasteiger partial charge on any atom is -0.476 e. The molecule has 6 nitrogen and oxygen atoms in total. The fourth-order valence-corrected chi connectivity index (χ4v) is 1.56. The summed E-state index contributed by atoms with van der Waals surface area (Å²) in [6.45, 7) is 0. The number of aromatic nitrogens is 2. The predicted molar refractivity (Wildman–Crippen MR) is 55.3 cm³/mol. The number of nitrogens with zero attached hydrogens (tertiary/aromatic N) is 3. The molecule has 0 fully saturated rings. The molecule has 0 aliphatic heterocycles. The Kier molecular flexibility index (Phi) is 2.24. The van der Waals surface area contributed by atoms with Gasteiger partial charge in [0.05, 0.1) is 0 Å². The number of hydrogen-bond donors (Lipinski definition) is 1. The molecule has 0 spiro atoms. The Labute approximate surface area is 91.7 Å². The number of imidazole rings is 1. The van der Waals surface area contributed by atoms with E-state index < -0.39 is 5.97 Å². The fraction of sp³-hybridized carbons (Fsp3) is 0. The van der Waals surface area contributed by atoms with E-state index in [1.54, 1.807) is 12.1 Å². The lowest BCUT2D eigenvalue weighted by molar-refractivity contribution is 0.0692. The van der Waals surface area contributed by atoms with Gasteiger partial charge in [0.2, 0.25) is 5.82 Å². The van der Waals surface area contributed by atoms with Gasteiger partial charge in [-0.1, -0.05) is 15.9 Å². The van der Waals surface area contributed by atoms with Crippen LogP contribution in [0.25, 0.3) is 5.65 Å². The lowest BCUT2D eigenvalue weighted by Gasteiger charge is -1.93. The Bertz CT molecular complexity index is 564. The van der Waals surface area contributed by atoms with Crippen molar-refractivity contribution in [2.45, 2.75) is 0 Å². The molecular formula is C8H4BrN3O3. The second kappa shape index (κ2) is 3.43. The first-order chi connectivity index (χ1) is 7.13. The molecule has 0 unspecified atom stereocenters. The normalized spacial score (nSPS) is 10.5. The number of pyridine rings is 1. The van der Waals surface area contributed by atoms with Gasteiger partial charge in [-0.2, -0.15) is 0 Å². The molecule has 2 aromatic rings. The summed E-state index contributed by atoms with van der Waals surface area (Å²) in [6.07, 6.45) is 1.52. The molecule has 2 aromatic heterocycles. The Morgan fingerprint density at radius 3 is 2.93 bits per heavy atom. The van der Waals surface area contributed by atoms with E-state index in [1.165, 1.54) is 10.6 Å². The third kappa shape index (κ3) is 1.50. The van der Waals surface area contributed by atoms with Gasteiger partial charge in [-0.3, -0.25) is 4.40 Å². The topological polar surface area (TPSA) is 84.0 Å². The van der Waals surface area contributed by atoms with Gasteiger partial charge in [0.1, 0.15) is 5.65 Å². The molecule has 0 radical (unpaired) electrons. The minimum absolute atomic E-state index is 0.204. The van der Waals surface area contributed by atoms with Crippen molar-refractivity contribution in [2.24, 2.45) is 5.18 Å². The summed E-state index contributed by atoms with van der Waals surface area (Å²) < 4.78 is 2.07. The number of nitroso groups, excluding NO2 is 1. The van der Waals surface area contributed by atoms with Crippen LogP contribution in [0.15, 0.2) is 28.0 Å². The van der Waals surface area contributed by atoms with Crippen LogP contribution in [0.4, 0.5) is 5.82 Å². The standard InChI is InChI=1S/C8H4BrN3O3/c9-4-1-2-12-5(3-4)10-6(8(13)14)7(12)11-15/h1-3H,(H,13,14). The summed E-state index contributed by atoms with van der Waals surface area (Å²) in [5, 5.41) is 11.4. The average molecular weight is 270 g/mol. The van der Waals surface area contributed by atoms with Crippen LogP contribution in [0.3, 0.4) is 0 Å². The maximum atomic E-state index is 10.7. The van der Waals surface area contributed by atoms with Crippen LogP contribution in [0, 0.1) is 4.91 Å². The Balaban J connectivity index is 2.84. The van der Waals surface area contributed by atoms with Crippen molar-refractivity contribution >= 4 is 33.4 Å². The van der Waals surface area contributed by atoms with Crippen molar-refractivity contribution in [3.8, 4) is 0 Å². The number of carboxylic acid groups (broad SMARTS) is 1. The molecular weight excluding hydrogens is 266 g/mol. The molecule has 0 saturated carbocycles. The van der Waals surface area contributed by atoms with Crippen molar-refractivity contribution in [1.82, 2.24) is 9.38 Å². The molecule has 0 aliphatic rings. The van der Waals surface area contributed by atoms with Gasteiger partial charge in [-0.15, -0.1) is 4.91 Å². The fourth-order valence-electron chi connectivity index (χ4n) is 1.24. The first-order valence-electron chi connectivity index (χ1n) is 3.87. The summed E-state index contributed by atoms with van der Waals surface area (Å²) in [5.41, 5.74) is 0.0134. The zero-order valence-electron chi connectivity index (χ0n) is 7.22. The molecule has 7 heteroatoms. The number of carbonyl (C=O) groups is 1. The average Bonchev–Trinajstić information content (AvgIpc) is 2.55. The SMILES string of the molecule is O=Nc1c(C(=O)O)nc2cc(Br)ccn12. The molecule has 0 amide bonds. The van der Waals surface area contributed by atoms with E-state index in [4.69, 9.17) is 5.11 Å². The van der Waals surface area contributed by atoms with Gasteiger partial charge in [-0.25, -0.2) is 9.78 Å². The maximum absolute atomic E-state index is 10.7. The number of halogens is 1. The molecule has 0 saturated heterocycles. The molecule has 2 heterocycles. The summed E-state index contributed by atoms with van der Waals surface area (Å²) >= 11 is 3.22. The van der Waals surface area contributed by atoms with E-state index in [1.807, 2.05) is 0 Å². The molecule has 0 bridgehead atoms. The van der Waals surface area contributed by atoms with Gasteiger partial charge < -0.3 is 5.11 Å². The molecule has 0 aliphatic carbocycles. The summed E-state index contributed by atoms with van der Waals surface area (Å²) in [4.78, 5) is 25.0. The summed E-state index contributed by atoms with van der Waals surface area (Å²) in [5.74, 6) is -1.48. The highest BCUT2D eigenvalue weighted by Crippen LogP contribution is 2.23. The first kappa shape index (κ1) is 9.78. The number of fused-ring (bicyclic) bond motifs is 1. The van der Waals surface area contributed by atoms with Crippen LogP contribution in [0.5, 0.6) is 0 Å². The number of carboxylic acids is 1. The number of aromatic carboxylic acids is 1. The minimum atomic E-state index is -1.27. The third-order valence-corrected chi connectivity index (χ3v) is 2.35. The molecule has 76 valence electrons. The van der Waals surface area contributed by atoms with Crippen molar-refractivity contribution in [2.75, 3.05) is 0 Å². The first-order valence-corrected chi connectivity index (χ1v) is 4.67. The molecule has 0 atom stereocenters. The van der Waals surface area contributed by atoms with E-state index in [0.717, 1.165) is 4.47 Å². The highest BCUT2D eigenvalue weighted by molar-refractivity contribution is 9.10. The zero-order valence-corrected chi connectivity index (χ0v) is 8.80. The lowest BCUT2D eigenvalue weighted by atomic mass is 10.4. The van der Waals surface area contributed by atoms with Crippen LogP contribution in [0.1, 0.15) is 10.5 Å². The van der Waals surface area contributed by atoms with Crippen molar-refractivity contribution in [3.63, 3.8) is 0 Å². The van der Waals surface area contributed by atoms with Crippen molar-refractivity contribution < 1.29 is 9.90 Å². The van der Waals surface area contributed by atoms with Crippen LogP contribution < -0.4 is 0 Å². The van der Waals surface area contributed by atoms with E-state index in [-0.39, 0.29) is 11.5 Å². The molecule has 15 heavy (non-hydrogen) atoms. The molecule has 1 N–H and O–H groups in total. The summed E-state index contributed by atoms with van der Waals surface area (Å²) in [7, 11) is 0. The quantitative estimate of drug-likeness (QED) is 0.847. The van der Waals surface area contributed by atoms with Gasteiger partial charge >= 0.3 is 5.97 Å². The molecule has 0 aromatic carbocycles. The number of hydrogen-bond acceptors (Lipinski definition) is 4. The second-order valence-electron chi connectivity index (χ2n) is 2.75. The Morgan fingerprint density at radius 1 is 1.60 bits per heavy atom. The van der Waals surface area contributed by atoms with E-state index in [0.29, 0.717) is 5.65 Å². The van der Waals surface area contributed by atoms with E-state index in [2.05, 4.69) is 26.1 Å². The van der Waals surface area contributed by atoms with Gasteiger partial charge in [0, 0.05) is 10.7 Å². The number of rotatable bonds is 2. The highest BCUT2D eigenvalue weighted by atomic mass is 79.9. The van der Waals surface area contributed by atoms with Crippen molar-refractivity contribution in [3.05, 3.63) is 33.4 Å². The van der Waals surface area contributed by atoms with Crippen LogP contribution in [0.2, 0.25) is 0 Å². The third-order valence-electron chi connectivity index (χ3n) is 1.85. The molecule has 2 rings (SSSR count). The van der Waals surface area contributed by atoms with Gasteiger partial charge in [-0.05, 0) is 17.3 Å². The van der Waals surface area contributed by atoms with Gasteiger partial charge in [0.25, 0.3) is 0 Å². The van der Waals surface area contributed by atoms with Crippen LogP contribution >= 0.6 is 15.9 Å².